The fraction of sp³-hybridized carbons (Fsp3) is 0.0417. The zero-order chi connectivity index (χ0) is 21.4. The van der Waals surface area contributed by atoms with Crippen molar-refractivity contribution in [2.24, 2.45) is 0 Å². The van der Waals surface area contributed by atoms with E-state index in [9.17, 15) is 9.59 Å². The van der Waals surface area contributed by atoms with Gasteiger partial charge < -0.3 is 4.42 Å². The monoisotopic (exact) mass is 446 g/mol. The van der Waals surface area contributed by atoms with E-state index in [4.69, 9.17) is 16.0 Å². The Morgan fingerprint density at radius 1 is 1.00 bits per heavy atom. The lowest BCUT2D eigenvalue weighted by atomic mass is 10.1. The van der Waals surface area contributed by atoms with Gasteiger partial charge in [0.1, 0.15) is 11.1 Å². The van der Waals surface area contributed by atoms with E-state index >= 15 is 0 Å². The van der Waals surface area contributed by atoms with Crippen LogP contribution < -0.4 is 10.5 Å². The molecule has 0 fully saturated rings. The highest BCUT2D eigenvalue weighted by atomic mass is 35.5. The Bertz CT molecular complexity index is 1480. The molecule has 5 nitrogen and oxygen atoms in total. The number of rotatable bonds is 4. The van der Waals surface area contributed by atoms with Gasteiger partial charge in [0.15, 0.2) is 5.13 Å². The summed E-state index contributed by atoms with van der Waals surface area (Å²) in [6, 6.07) is 23.6. The van der Waals surface area contributed by atoms with E-state index < -0.39 is 11.5 Å². The van der Waals surface area contributed by atoms with Gasteiger partial charge in [0, 0.05) is 10.4 Å². The Morgan fingerprint density at radius 2 is 1.77 bits per heavy atom. The fourth-order valence-electron chi connectivity index (χ4n) is 3.35. The summed E-state index contributed by atoms with van der Waals surface area (Å²) in [5, 5.41) is 1.76. The molecule has 5 rings (SSSR count). The van der Waals surface area contributed by atoms with Crippen molar-refractivity contribution in [1.29, 1.82) is 0 Å². The summed E-state index contributed by atoms with van der Waals surface area (Å²) >= 11 is 7.46. The molecule has 0 aliphatic heterocycles. The van der Waals surface area contributed by atoms with Crippen LogP contribution in [0.3, 0.4) is 0 Å². The van der Waals surface area contributed by atoms with Crippen molar-refractivity contribution in [3.05, 3.63) is 105 Å². The first-order chi connectivity index (χ1) is 15.1. The van der Waals surface area contributed by atoms with Gasteiger partial charge in [0.25, 0.3) is 5.91 Å². The zero-order valence-corrected chi connectivity index (χ0v) is 17.7. The Morgan fingerprint density at radius 3 is 2.61 bits per heavy atom. The average molecular weight is 447 g/mol. The quantitative estimate of drug-likeness (QED) is 0.322. The molecule has 0 N–H and O–H groups in total. The van der Waals surface area contributed by atoms with E-state index in [2.05, 4.69) is 4.98 Å². The van der Waals surface area contributed by atoms with Gasteiger partial charge in [-0.2, -0.15) is 0 Å². The Balaban J connectivity index is 1.63. The fourth-order valence-corrected chi connectivity index (χ4v) is 4.59. The minimum absolute atomic E-state index is 0.0353. The highest BCUT2D eigenvalue weighted by Crippen LogP contribution is 2.32. The van der Waals surface area contributed by atoms with E-state index in [1.165, 1.54) is 16.2 Å². The lowest BCUT2D eigenvalue weighted by molar-refractivity contribution is 0.0981. The second kappa shape index (κ2) is 7.98. The first-order valence-corrected chi connectivity index (χ1v) is 10.7. The smallest absolute Gasteiger partial charge is 0.349 e. The predicted molar refractivity (Wildman–Crippen MR) is 124 cm³/mol. The van der Waals surface area contributed by atoms with Gasteiger partial charge in [0.05, 0.1) is 16.8 Å². The van der Waals surface area contributed by atoms with Crippen molar-refractivity contribution < 1.29 is 9.21 Å². The second-order valence-corrected chi connectivity index (χ2v) is 8.42. The molecule has 5 aromatic rings. The summed E-state index contributed by atoms with van der Waals surface area (Å²) in [6.07, 6.45) is 0. The molecule has 0 spiro atoms. The molecule has 2 aromatic heterocycles. The zero-order valence-electron chi connectivity index (χ0n) is 16.1. The summed E-state index contributed by atoms with van der Waals surface area (Å²) in [5.74, 6) is -0.464. The lowest BCUT2D eigenvalue weighted by Crippen LogP contribution is -2.33. The summed E-state index contributed by atoms with van der Waals surface area (Å²) in [5.41, 5.74) is 1.38. The molecule has 0 bridgehead atoms. The van der Waals surface area contributed by atoms with Crippen molar-refractivity contribution in [3.8, 4) is 0 Å². The molecule has 1 amide bonds. The van der Waals surface area contributed by atoms with Crippen molar-refractivity contribution in [3.63, 3.8) is 0 Å². The van der Waals surface area contributed by atoms with Crippen LogP contribution >= 0.6 is 22.9 Å². The summed E-state index contributed by atoms with van der Waals surface area (Å²) in [7, 11) is 0. The number of hydrogen-bond donors (Lipinski definition) is 0. The maximum Gasteiger partial charge on any atom is 0.349 e. The van der Waals surface area contributed by atoms with Gasteiger partial charge in [-0.3, -0.25) is 9.69 Å². The van der Waals surface area contributed by atoms with Gasteiger partial charge in [-0.15, -0.1) is 0 Å². The maximum atomic E-state index is 13.6. The molecule has 0 aliphatic rings. The molecular weight excluding hydrogens is 432 g/mol. The highest BCUT2D eigenvalue weighted by molar-refractivity contribution is 7.22. The minimum atomic E-state index is -0.675. The Labute approximate surface area is 186 Å². The molecule has 0 radical (unpaired) electrons. The molecule has 31 heavy (non-hydrogen) atoms. The lowest BCUT2D eigenvalue weighted by Gasteiger charge is -2.19. The van der Waals surface area contributed by atoms with Gasteiger partial charge >= 0.3 is 5.63 Å². The number of carbonyl (C=O) groups excluding carboxylic acids is 1. The molecule has 152 valence electrons. The average Bonchev–Trinajstić information content (AvgIpc) is 3.20. The van der Waals surface area contributed by atoms with Crippen LogP contribution in [-0.4, -0.2) is 10.9 Å². The first kappa shape index (κ1) is 19.5. The molecule has 0 unspecified atom stereocenters. The molecular formula is C24H15ClN2O3S. The van der Waals surface area contributed by atoms with Crippen LogP contribution in [0.2, 0.25) is 5.02 Å². The Hall–Kier alpha value is -3.48. The molecule has 0 saturated heterocycles. The Kier molecular flexibility index (Phi) is 5.02. The normalized spacial score (nSPS) is 11.1. The third-order valence-electron chi connectivity index (χ3n) is 4.87. The van der Waals surface area contributed by atoms with Gasteiger partial charge in [-0.05, 0) is 35.9 Å². The molecule has 0 atom stereocenters. The summed E-state index contributed by atoms with van der Waals surface area (Å²) < 4.78 is 6.25. The number of aromatic nitrogens is 1. The minimum Gasteiger partial charge on any atom is -0.422 e. The number of anilines is 1. The van der Waals surface area contributed by atoms with Crippen molar-refractivity contribution in [2.45, 2.75) is 6.54 Å². The predicted octanol–water partition coefficient (Wildman–Crippen LogP) is 5.90. The topological polar surface area (TPSA) is 63.4 Å². The van der Waals surface area contributed by atoms with E-state index in [0.717, 1.165) is 15.8 Å². The number of benzene rings is 3. The summed E-state index contributed by atoms with van der Waals surface area (Å²) in [6.45, 7) is 0.263. The first-order valence-electron chi connectivity index (χ1n) is 9.53. The van der Waals surface area contributed by atoms with Gasteiger partial charge in [-0.25, -0.2) is 9.78 Å². The van der Waals surface area contributed by atoms with Gasteiger partial charge in [0.2, 0.25) is 0 Å². The van der Waals surface area contributed by atoms with Crippen molar-refractivity contribution in [1.82, 2.24) is 4.98 Å². The van der Waals surface area contributed by atoms with Crippen LogP contribution in [0.15, 0.2) is 88.1 Å². The maximum absolute atomic E-state index is 13.6. The van der Waals surface area contributed by atoms with E-state index in [1.54, 1.807) is 30.3 Å². The molecule has 2 heterocycles. The van der Waals surface area contributed by atoms with Crippen molar-refractivity contribution in [2.75, 3.05) is 4.90 Å². The number of carbonyl (C=O) groups is 1. The number of para-hydroxylation sites is 1. The number of amides is 1. The van der Waals surface area contributed by atoms with E-state index in [1.807, 2.05) is 48.5 Å². The standard InChI is InChI=1S/C24H15ClN2O3S/c25-17-10-11-19-21(13-17)31-24(26-19)27(14-15-6-2-1-3-7-15)22(28)18-12-16-8-4-5-9-20(16)30-23(18)29/h1-13H,14H2. The van der Waals surface area contributed by atoms with E-state index in [0.29, 0.717) is 21.1 Å². The third-order valence-corrected chi connectivity index (χ3v) is 6.15. The number of thiazole rings is 1. The molecule has 0 saturated carbocycles. The van der Waals surface area contributed by atoms with Crippen LogP contribution in [0.5, 0.6) is 0 Å². The van der Waals surface area contributed by atoms with Crippen LogP contribution in [-0.2, 0) is 6.54 Å². The largest absolute Gasteiger partial charge is 0.422 e. The number of nitrogens with zero attached hydrogens (tertiary/aromatic N) is 2. The number of halogens is 1. The SMILES string of the molecule is O=C(c1cc2ccccc2oc1=O)N(Cc1ccccc1)c1nc2ccc(Cl)cc2s1. The van der Waals surface area contributed by atoms with Crippen molar-refractivity contribution >= 4 is 55.2 Å². The summed E-state index contributed by atoms with van der Waals surface area (Å²) in [4.78, 5) is 32.3. The van der Waals surface area contributed by atoms with Gasteiger partial charge in [-0.1, -0.05) is 71.5 Å². The van der Waals surface area contributed by atoms with Crippen LogP contribution in [0, 0.1) is 0 Å². The molecule has 7 heteroatoms. The molecule has 0 aliphatic carbocycles. The number of hydrogen-bond acceptors (Lipinski definition) is 5. The van der Waals surface area contributed by atoms with E-state index in [-0.39, 0.29) is 12.1 Å². The highest BCUT2D eigenvalue weighted by Gasteiger charge is 2.25. The van der Waals surface area contributed by atoms with Crippen LogP contribution in [0.1, 0.15) is 15.9 Å². The number of fused-ring (bicyclic) bond motifs is 2. The molecule has 3 aromatic carbocycles. The second-order valence-electron chi connectivity index (χ2n) is 6.97. The third kappa shape index (κ3) is 3.83. The van der Waals surface area contributed by atoms with Crippen LogP contribution in [0.25, 0.3) is 21.2 Å². The van der Waals surface area contributed by atoms with Crippen LogP contribution in [0.4, 0.5) is 5.13 Å².